The Morgan fingerprint density at radius 3 is 2.59 bits per heavy atom. The molecule has 150 valence electrons. The summed E-state index contributed by atoms with van der Waals surface area (Å²) in [7, 11) is 0. The highest BCUT2D eigenvalue weighted by Gasteiger charge is 2.21. The lowest BCUT2D eigenvalue weighted by Gasteiger charge is -2.27. The number of anilines is 1. The van der Waals surface area contributed by atoms with Gasteiger partial charge in [-0.25, -0.2) is 0 Å². The van der Waals surface area contributed by atoms with Crippen molar-refractivity contribution in [3.05, 3.63) is 29.8 Å². The van der Waals surface area contributed by atoms with Crippen molar-refractivity contribution in [3.63, 3.8) is 0 Å². The van der Waals surface area contributed by atoms with Gasteiger partial charge in [0.1, 0.15) is 0 Å². The van der Waals surface area contributed by atoms with Gasteiger partial charge in [0.2, 0.25) is 5.91 Å². The second-order valence-corrected chi connectivity index (χ2v) is 7.25. The fourth-order valence-electron chi connectivity index (χ4n) is 3.71. The second kappa shape index (κ2) is 11.3. The van der Waals surface area contributed by atoms with Crippen LogP contribution in [0.15, 0.2) is 24.3 Å². The molecule has 3 rings (SSSR count). The van der Waals surface area contributed by atoms with Crippen molar-refractivity contribution >= 4 is 29.9 Å². The molecule has 0 spiro atoms. The van der Waals surface area contributed by atoms with Gasteiger partial charge in [-0.05, 0) is 31.0 Å². The van der Waals surface area contributed by atoms with E-state index in [1.54, 1.807) is 12.1 Å². The van der Waals surface area contributed by atoms with Gasteiger partial charge < -0.3 is 16.0 Å². The molecular formula is C20H31ClN4O2. The lowest BCUT2D eigenvalue weighted by molar-refractivity contribution is -0.120. The predicted octanol–water partition coefficient (Wildman–Crippen LogP) is 2.26. The second-order valence-electron chi connectivity index (χ2n) is 7.25. The molecule has 1 saturated heterocycles. The van der Waals surface area contributed by atoms with E-state index in [1.807, 2.05) is 12.1 Å². The predicted molar refractivity (Wildman–Crippen MR) is 111 cm³/mol. The topological polar surface area (TPSA) is 73.5 Å². The maximum atomic E-state index is 12.4. The Morgan fingerprint density at radius 2 is 1.85 bits per heavy atom. The summed E-state index contributed by atoms with van der Waals surface area (Å²) in [5, 5.41) is 9.28. The Kier molecular flexibility index (Phi) is 9.04. The monoisotopic (exact) mass is 394 g/mol. The summed E-state index contributed by atoms with van der Waals surface area (Å²) < 4.78 is 0. The standard InChI is InChI=1S/C20H30N4O2.ClH/c25-19(22-11-14-24-12-9-21-10-13-24)17-7-4-8-18(15-17)23-20(26)16-5-2-1-3-6-16;/h4,7-8,15-16,21H,1-3,5-6,9-14H2,(H,22,25)(H,23,26);1H. The molecule has 2 fully saturated rings. The zero-order chi connectivity index (χ0) is 18.2. The van der Waals surface area contributed by atoms with E-state index in [4.69, 9.17) is 0 Å². The lowest BCUT2D eigenvalue weighted by atomic mass is 9.88. The Hall–Kier alpha value is -1.63. The van der Waals surface area contributed by atoms with Crippen molar-refractivity contribution in [2.45, 2.75) is 32.1 Å². The van der Waals surface area contributed by atoms with E-state index >= 15 is 0 Å². The van der Waals surface area contributed by atoms with E-state index in [1.165, 1.54) is 6.42 Å². The van der Waals surface area contributed by atoms with Crippen molar-refractivity contribution in [2.24, 2.45) is 5.92 Å². The molecule has 1 aromatic rings. The number of halogens is 1. The summed E-state index contributed by atoms with van der Waals surface area (Å²) in [6.07, 6.45) is 5.44. The van der Waals surface area contributed by atoms with E-state index in [9.17, 15) is 9.59 Å². The third-order valence-electron chi connectivity index (χ3n) is 5.29. The summed E-state index contributed by atoms with van der Waals surface area (Å²) in [6, 6.07) is 7.22. The van der Waals surface area contributed by atoms with Crippen LogP contribution in [0.1, 0.15) is 42.5 Å². The molecule has 0 aromatic heterocycles. The van der Waals surface area contributed by atoms with E-state index in [-0.39, 0.29) is 30.1 Å². The molecule has 1 aromatic carbocycles. The summed E-state index contributed by atoms with van der Waals surface area (Å²) in [5.74, 6) is 0.107. The fourth-order valence-corrected chi connectivity index (χ4v) is 3.71. The fraction of sp³-hybridized carbons (Fsp3) is 0.600. The van der Waals surface area contributed by atoms with Gasteiger partial charge in [0, 0.05) is 56.4 Å². The van der Waals surface area contributed by atoms with Crippen molar-refractivity contribution < 1.29 is 9.59 Å². The maximum Gasteiger partial charge on any atom is 0.251 e. The number of rotatable bonds is 6. The molecule has 0 radical (unpaired) electrons. The Balaban J connectivity index is 0.00000261. The van der Waals surface area contributed by atoms with Gasteiger partial charge >= 0.3 is 0 Å². The first-order valence-electron chi connectivity index (χ1n) is 9.84. The van der Waals surface area contributed by atoms with E-state index < -0.39 is 0 Å². The molecule has 7 heteroatoms. The Morgan fingerprint density at radius 1 is 1.11 bits per heavy atom. The molecule has 0 bridgehead atoms. The summed E-state index contributed by atoms with van der Waals surface area (Å²) >= 11 is 0. The quantitative estimate of drug-likeness (QED) is 0.692. The van der Waals surface area contributed by atoms with Crippen LogP contribution >= 0.6 is 12.4 Å². The number of piperazine rings is 1. The molecular weight excluding hydrogens is 364 g/mol. The third kappa shape index (κ3) is 6.79. The van der Waals surface area contributed by atoms with Gasteiger partial charge in [-0.3, -0.25) is 14.5 Å². The van der Waals surface area contributed by atoms with Crippen LogP contribution in [0.5, 0.6) is 0 Å². The Bertz CT molecular complexity index is 614. The molecule has 1 aliphatic heterocycles. The van der Waals surface area contributed by atoms with E-state index in [0.29, 0.717) is 17.8 Å². The number of nitrogens with one attached hydrogen (secondary N) is 3. The van der Waals surface area contributed by atoms with E-state index in [2.05, 4.69) is 20.9 Å². The largest absolute Gasteiger partial charge is 0.351 e. The molecule has 1 heterocycles. The molecule has 1 saturated carbocycles. The number of nitrogens with zero attached hydrogens (tertiary/aromatic N) is 1. The van der Waals surface area contributed by atoms with Gasteiger partial charge in [0.25, 0.3) is 5.91 Å². The normalized spacial score (nSPS) is 18.4. The highest BCUT2D eigenvalue weighted by atomic mass is 35.5. The van der Waals surface area contributed by atoms with Gasteiger partial charge in [0.05, 0.1) is 0 Å². The number of amides is 2. The molecule has 2 amide bonds. The van der Waals surface area contributed by atoms with Crippen LogP contribution < -0.4 is 16.0 Å². The molecule has 27 heavy (non-hydrogen) atoms. The van der Waals surface area contributed by atoms with Crippen molar-refractivity contribution in [3.8, 4) is 0 Å². The van der Waals surface area contributed by atoms with Gasteiger partial charge in [-0.15, -0.1) is 12.4 Å². The third-order valence-corrected chi connectivity index (χ3v) is 5.29. The van der Waals surface area contributed by atoms with Crippen LogP contribution in [0.3, 0.4) is 0 Å². The Labute approximate surface area is 167 Å². The average molecular weight is 395 g/mol. The summed E-state index contributed by atoms with van der Waals surface area (Å²) in [6.45, 7) is 5.58. The minimum absolute atomic E-state index is 0. The van der Waals surface area contributed by atoms with Crippen LogP contribution in [0.25, 0.3) is 0 Å². The van der Waals surface area contributed by atoms with E-state index in [0.717, 1.165) is 58.4 Å². The maximum absolute atomic E-state index is 12.4. The molecule has 0 unspecified atom stereocenters. The summed E-state index contributed by atoms with van der Waals surface area (Å²) in [5.41, 5.74) is 1.29. The molecule has 2 aliphatic rings. The van der Waals surface area contributed by atoms with Crippen LogP contribution in [0.2, 0.25) is 0 Å². The zero-order valence-corrected chi connectivity index (χ0v) is 16.7. The number of hydrogen-bond acceptors (Lipinski definition) is 4. The SMILES string of the molecule is Cl.O=C(NCCN1CCNCC1)c1cccc(NC(=O)C2CCCCC2)c1. The molecule has 0 atom stereocenters. The first-order chi connectivity index (χ1) is 12.7. The van der Waals surface area contributed by atoms with Crippen LogP contribution in [0.4, 0.5) is 5.69 Å². The smallest absolute Gasteiger partial charge is 0.251 e. The number of carbonyl (C=O) groups excluding carboxylic acids is 2. The highest BCUT2D eigenvalue weighted by Crippen LogP contribution is 2.25. The molecule has 1 aliphatic carbocycles. The van der Waals surface area contributed by atoms with Crippen molar-refractivity contribution in [1.82, 2.24) is 15.5 Å². The first-order valence-corrected chi connectivity index (χ1v) is 9.84. The van der Waals surface area contributed by atoms with Crippen molar-refractivity contribution in [1.29, 1.82) is 0 Å². The van der Waals surface area contributed by atoms with Crippen LogP contribution in [-0.4, -0.2) is 56.0 Å². The minimum Gasteiger partial charge on any atom is -0.351 e. The van der Waals surface area contributed by atoms with Gasteiger partial charge in [0.15, 0.2) is 0 Å². The van der Waals surface area contributed by atoms with Gasteiger partial charge in [-0.1, -0.05) is 25.3 Å². The van der Waals surface area contributed by atoms with Gasteiger partial charge in [-0.2, -0.15) is 0 Å². The van der Waals surface area contributed by atoms with Crippen molar-refractivity contribution in [2.75, 3.05) is 44.6 Å². The average Bonchev–Trinajstić information content (AvgIpc) is 2.69. The molecule has 3 N–H and O–H groups in total. The minimum atomic E-state index is -0.0890. The number of benzene rings is 1. The lowest BCUT2D eigenvalue weighted by Crippen LogP contribution is -2.46. The molecule has 6 nitrogen and oxygen atoms in total. The highest BCUT2D eigenvalue weighted by molar-refractivity contribution is 5.97. The number of carbonyl (C=O) groups is 2. The number of hydrogen-bond donors (Lipinski definition) is 3. The summed E-state index contributed by atoms with van der Waals surface area (Å²) in [4.78, 5) is 27.1. The zero-order valence-electron chi connectivity index (χ0n) is 15.8. The van der Waals surface area contributed by atoms with Crippen LogP contribution in [-0.2, 0) is 4.79 Å². The first kappa shape index (κ1) is 21.7. The van der Waals surface area contributed by atoms with Crippen LogP contribution in [0, 0.1) is 5.92 Å².